The van der Waals surface area contributed by atoms with Gasteiger partial charge in [0.2, 0.25) is 0 Å². The summed E-state index contributed by atoms with van der Waals surface area (Å²) < 4.78 is 13.1. The van der Waals surface area contributed by atoms with Crippen LogP contribution in [0.25, 0.3) is 77.3 Å². The summed E-state index contributed by atoms with van der Waals surface area (Å²) in [6.45, 7) is 0. The molecule has 0 saturated heterocycles. The van der Waals surface area contributed by atoms with Crippen LogP contribution in [0.2, 0.25) is 0 Å². The molecule has 0 fully saturated rings. The fraction of sp³-hybridized carbons (Fsp3) is 0. The smallest absolute Gasteiger partial charge is 0.145 e. The van der Waals surface area contributed by atoms with Crippen LogP contribution in [-0.4, -0.2) is 0 Å². The standard InChI is InChI=1S/C48H31NO2/c1-3-12-32(13-4-1)33-26-28-37(29-27-33)49(36-14-5-2-6-15-36)43-31-30-39(48-46(43)42-17-8-10-21-45(42)51-48)35-24-22-34(23-25-35)38-18-11-19-41-40-16-7-9-20-44(40)50-47(38)41/h1-31H. The van der Waals surface area contributed by atoms with Gasteiger partial charge in [0, 0.05) is 38.7 Å². The zero-order valence-electron chi connectivity index (χ0n) is 27.7. The first-order valence-electron chi connectivity index (χ1n) is 17.3. The summed E-state index contributed by atoms with van der Waals surface area (Å²) in [6, 6.07) is 66.0. The molecule has 240 valence electrons. The molecular weight excluding hydrogens is 623 g/mol. The maximum atomic E-state index is 6.74. The number of hydrogen-bond acceptors (Lipinski definition) is 3. The molecule has 8 aromatic carbocycles. The van der Waals surface area contributed by atoms with Crippen LogP contribution in [0.3, 0.4) is 0 Å². The third-order valence-electron chi connectivity index (χ3n) is 9.90. The van der Waals surface area contributed by atoms with Gasteiger partial charge in [-0.15, -0.1) is 0 Å². The summed E-state index contributed by atoms with van der Waals surface area (Å²) >= 11 is 0. The largest absolute Gasteiger partial charge is 0.455 e. The number of para-hydroxylation sites is 4. The molecule has 0 aliphatic carbocycles. The van der Waals surface area contributed by atoms with E-state index in [-0.39, 0.29) is 0 Å². The number of nitrogens with zero attached hydrogens (tertiary/aromatic N) is 1. The number of hydrogen-bond donors (Lipinski definition) is 0. The lowest BCUT2D eigenvalue weighted by Gasteiger charge is -2.27. The van der Waals surface area contributed by atoms with Crippen LogP contribution < -0.4 is 4.90 Å². The quantitative estimate of drug-likeness (QED) is 0.179. The first-order valence-corrected chi connectivity index (χ1v) is 17.3. The van der Waals surface area contributed by atoms with E-state index in [1.807, 2.05) is 18.2 Å². The first kappa shape index (κ1) is 29.1. The van der Waals surface area contributed by atoms with Crippen molar-refractivity contribution in [1.82, 2.24) is 0 Å². The molecule has 0 radical (unpaired) electrons. The van der Waals surface area contributed by atoms with Gasteiger partial charge in [0.05, 0.1) is 11.1 Å². The van der Waals surface area contributed by atoms with Gasteiger partial charge in [-0.05, 0) is 70.8 Å². The van der Waals surface area contributed by atoms with Gasteiger partial charge in [-0.25, -0.2) is 0 Å². The molecule has 2 aromatic heterocycles. The van der Waals surface area contributed by atoms with Crippen molar-refractivity contribution < 1.29 is 8.83 Å². The molecule has 0 amide bonds. The van der Waals surface area contributed by atoms with Crippen LogP contribution in [0.15, 0.2) is 197 Å². The van der Waals surface area contributed by atoms with Crippen molar-refractivity contribution in [3.05, 3.63) is 188 Å². The lowest BCUT2D eigenvalue weighted by molar-refractivity contribution is 0.669. The molecule has 0 bridgehead atoms. The molecule has 0 saturated carbocycles. The Bertz CT molecular complexity index is 2830. The Morgan fingerprint density at radius 1 is 0.314 bits per heavy atom. The molecule has 51 heavy (non-hydrogen) atoms. The van der Waals surface area contributed by atoms with E-state index in [1.165, 1.54) is 11.1 Å². The van der Waals surface area contributed by atoms with Crippen LogP contribution in [0.1, 0.15) is 0 Å². The van der Waals surface area contributed by atoms with Gasteiger partial charge in [0.15, 0.2) is 0 Å². The summed E-state index contributed by atoms with van der Waals surface area (Å²) in [5.41, 5.74) is 13.5. The topological polar surface area (TPSA) is 29.5 Å². The summed E-state index contributed by atoms with van der Waals surface area (Å²) in [5, 5.41) is 4.43. The maximum Gasteiger partial charge on any atom is 0.145 e. The highest BCUT2D eigenvalue weighted by Gasteiger charge is 2.22. The average molecular weight is 654 g/mol. The van der Waals surface area contributed by atoms with E-state index in [2.05, 4.69) is 175 Å². The zero-order chi connectivity index (χ0) is 33.7. The third kappa shape index (κ3) is 4.90. The summed E-state index contributed by atoms with van der Waals surface area (Å²) in [4.78, 5) is 2.33. The average Bonchev–Trinajstić information content (AvgIpc) is 3.79. The Hall–Kier alpha value is -6.84. The van der Waals surface area contributed by atoms with E-state index in [4.69, 9.17) is 8.83 Å². The SMILES string of the molecule is c1ccc(-c2ccc(N(c3ccccc3)c3ccc(-c4ccc(-c5cccc6c5oc5ccccc56)cc4)c4oc5ccccc5c34)cc2)cc1. The van der Waals surface area contributed by atoms with Gasteiger partial charge >= 0.3 is 0 Å². The minimum Gasteiger partial charge on any atom is -0.455 e. The highest BCUT2D eigenvalue weighted by Crippen LogP contribution is 2.46. The van der Waals surface area contributed by atoms with Gasteiger partial charge in [-0.3, -0.25) is 0 Å². The van der Waals surface area contributed by atoms with Crippen molar-refractivity contribution in [3.63, 3.8) is 0 Å². The van der Waals surface area contributed by atoms with Crippen molar-refractivity contribution in [1.29, 1.82) is 0 Å². The fourth-order valence-corrected chi connectivity index (χ4v) is 7.47. The number of fused-ring (bicyclic) bond motifs is 6. The van der Waals surface area contributed by atoms with Gasteiger partial charge in [-0.1, -0.05) is 140 Å². The van der Waals surface area contributed by atoms with Crippen LogP contribution in [0.5, 0.6) is 0 Å². The summed E-state index contributed by atoms with van der Waals surface area (Å²) in [6.07, 6.45) is 0. The van der Waals surface area contributed by atoms with Crippen molar-refractivity contribution in [2.45, 2.75) is 0 Å². The molecule has 2 heterocycles. The van der Waals surface area contributed by atoms with Crippen LogP contribution >= 0.6 is 0 Å². The van der Waals surface area contributed by atoms with E-state index in [0.29, 0.717) is 0 Å². The lowest BCUT2D eigenvalue weighted by Crippen LogP contribution is -2.10. The molecule has 10 aromatic rings. The molecular formula is C48H31NO2. The van der Waals surface area contributed by atoms with Gasteiger partial charge < -0.3 is 13.7 Å². The van der Waals surface area contributed by atoms with Crippen molar-refractivity contribution >= 4 is 60.9 Å². The maximum absolute atomic E-state index is 6.74. The fourth-order valence-electron chi connectivity index (χ4n) is 7.47. The molecule has 3 nitrogen and oxygen atoms in total. The first-order chi connectivity index (χ1) is 25.3. The molecule has 0 aliphatic rings. The van der Waals surface area contributed by atoms with Gasteiger partial charge in [0.1, 0.15) is 22.3 Å². The normalized spacial score (nSPS) is 11.5. The van der Waals surface area contributed by atoms with E-state index in [1.54, 1.807) is 0 Å². The minimum absolute atomic E-state index is 0.863. The molecule has 10 rings (SSSR count). The second-order valence-corrected chi connectivity index (χ2v) is 12.9. The molecule has 0 unspecified atom stereocenters. The Labute approximate surface area is 295 Å². The Morgan fingerprint density at radius 2 is 0.824 bits per heavy atom. The predicted octanol–water partition coefficient (Wildman–Crippen LogP) is 14.0. The molecule has 3 heteroatoms. The number of rotatable bonds is 6. The Balaban J connectivity index is 1.12. The summed E-state index contributed by atoms with van der Waals surface area (Å²) in [7, 11) is 0. The monoisotopic (exact) mass is 653 g/mol. The van der Waals surface area contributed by atoms with E-state index >= 15 is 0 Å². The molecule has 0 spiro atoms. The van der Waals surface area contributed by atoms with Gasteiger partial charge in [-0.2, -0.15) is 0 Å². The summed E-state index contributed by atoms with van der Waals surface area (Å²) in [5.74, 6) is 0. The van der Waals surface area contributed by atoms with Gasteiger partial charge in [0.25, 0.3) is 0 Å². The second kappa shape index (κ2) is 11.9. The highest BCUT2D eigenvalue weighted by atomic mass is 16.3. The zero-order valence-corrected chi connectivity index (χ0v) is 27.7. The Morgan fingerprint density at radius 3 is 1.55 bits per heavy atom. The second-order valence-electron chi connectivity index (χ2n) is 12.9. The van der Waals surface area contributed by atoms with E-state index < -0.39 is 0 Å². The van der Waals surface area contributed by atoms with E-state index in [0.717, 1.165) is 83.2 Å². The highest BCUT2D eigenvalue weighted by molar-refractivity contribution is 6.17. The number of furan rings is 2. The van der Waals surface area contributed by atoms with Crippen molar-refractivity contribution in [3.8, 4) is 33.4 Å². The lowest BCUT2D eigenvalue weighted by atomic mass is 9.96. The molecule has 0 aliphatic heterocycles. The number of benzene rings is 8. The van der Waals surface area contributed by atoms with Crippen LogP contribution in [-0.2, 0) is 0 Å². The van der Waals surface area contributed by atoms with Crippen molar-refractivity contribution in [2.24, 2.45) is 0 Å². The van der Waals surface area contributed by atoms with Crippen LogP contribution in [0.4, 0.5) is 17.1 Å². The number of anilines is 3. The minimum atomic E-state index is 0.863. The van der Waals surface area contributed by atoms with E-state index in [9.17, 15) is 0 Å². The Kier molecular flexibility index (Phi) is 6.81. The molecule has 0 N–H and O–H groups in total. The van der Waals surface area contributed by atoms with Crippen molar-refractivity contribution in [2.75, 3.05) is 4.90 Å². The predicted molar refractivity (Wildman–Crippen MR) is 212 cm³/mol. The third-order valence-corrected chi connectivity index (χ3v) is 9.90. The molecule has 0 atom stereocenters. The van der Waals surface area contributed by atoms with Crippen LogP contribution in [0, 0.1) is 0 Å².